The summed E-state index contributed by atoms with van der Waals surface area (Å²) in [5.74, 6) is -0.202. The lowest BCUT2D eigenvalue weighted by molar-refractivity contribution is -0.870. The molecule has 0 spiro atoms. The number of aliphatic hydroxyl groups excluding tert-OH is 1. The van der Waals surface area contributed by atoms with Crippen LogP contribution in [0.4, 0.5) is 0 Å². The molecule has 9 heteroatoms. The van der Waals surface area contributed by atoms with Crippen LogP contribution in [0.15, 0.2) is 60.8 Å². The molecule has 0 aliphatic rings. The van der Waals surface area contributed by atoms with Crippen molar-refractivity contribution in [2.24, 2.45) is 0 Å². The number of likely N-dealkylation sites (N-methyl/N-ethyl adjacent to an activating group) is 1. The van der Waals surface area contributed by atoms with E-state index in [9.17, 15) is 19.4 Å². The molecule has 60 heavy (non-hydrogen) atoms. The zero-order chi connectivity index (χ0) is 44.3. The van der Waals surface area contributed by atoms with E-state index in [2.05, 4.69) is 67.8 Å². The van der Waals surface area contributed by atoms with Gasteiger partial charge in [0.05, 0.1) is 39.9 Å². The minimum absolute atomic E-state index is 0.00209. The Hall–Kier alpha value is -1.80. The molecule has 3 atom stereocenters. The van der Waals surface area contributed by atoms with Gasteiger partial charge in [0, 0.05) is 6.42 Å². The van der Waals surface area contributed by atoms with Crippen LogP contribution in [0.1, 0.15) is 206 Å². The van der Waals surface area contributed by atoms with Gasteiger partial charge in [-0.2, -0.15) is 0 Å². The van der Waals surface area contributed by atoms with Gasteiger partial charge in [-0.1, -0.05) is 203 Å². The highest BCUT2D eigenvalue weighted by atomic mass is 31.2. The maximum atomic E-state index is 12.8. The van der Waals surface area contributed by atoms with Gasteiger partial charge in [-0.25, -0.2) is 0 Å². The molecule has 0 saturated heterocycles. The lowest BCUT2D eigenvalue weighted by Crippen LogP contribution is -2.45. The Morgan fingerprint density at radius 2 is 1.02 bits per heavy atom. The highest BCUT2D eigenvalue weighted by Gasteiger charge is 2.23. The minimum Gasteiger partial charge on any atom is -0.756 e. The molecular formula is C51H95N2O6P. The molecule has 1 amide bonds. The predicted octanol–water partition coefficient (Wildman–Crippen LogP) is 13.6. The third-order valence-corrected chi connectivity index (χ3v) is 11.7. The number of phosphoric acid groups is 1. The molecule has 0 radical (unpaired) electrons. The molecule has 0 saturated carbocycles. The second-order valence-electron chi connectivity index (χ2n) is 17.8. The number of hydrogen-bond acceptors (Lipinski definition) is 6. The van der Waals surface area contributed by atoms with Crippen LogP contribution in [0, 0.1) is 0 Å². The molecule has 0 aromatic heterocycles. The number of unbranched alkanes of at least 4 members (excludes halogenated alkanes) is 23. The molecule has 0 aromatic rings. The summed E-state index contributed by atoms with van der Waals surface area (Å²) in [7, 11) is 1.26. The van der Waals surface area contributed by atoms with Crippen molar-refractivity contribution < 1.29 is 32.9 Å². The fourth-order valence-corrected chi connectivity index (χ4v) is 7.57. The summed E-state index contributed by atoms with van der Waals surface area (Å²) in [4.78, 5) is 25.2. The quantitative estimate of drug-likeness (QED) is 0.0273. The van der Waals surface area contributed by atoms with Crippen LogP contribution in [-0.4, -0.2) is 68.5 Å². The lowest BCUT2D eigenvalue weighted by atomic mass is 10.0. The standard InChI is InChI=1S/C51H95N2O6P/c1-6-8-10-12-14-15-16-17-18-19-20-21-22-23-24-25-26-27-28-29-30-31-32-33-34-35-36-37-39-41-43-45-51(55)52-49(50(54)44-42-40-38-13-11-9-7-2)48-59-60(56,57)58-47-46-53(3,4)5/h8,10,14-15,17-18,20-21,42,44,49-50,54H,6-7,9,11-13,16,19,22-41,43,45-48H2,1-5H3,(H-,52,55,56,57)/b10-8-,15-14-,18-17-,21-20-,44-42+. The third kappa shape index (κ3) is 44.3. The van der Waals surface area contributed by atoms with Gasteiger partial charge >= 0.3 is 0 Å². The number of carbonyl (C=O) groups excluding carboxylic acids is 1. The van der Waals surface area contributed by atoms with E-state index >= 15 is 0 Å². The molecule has 0 fully saturated rings. The van der Waals surface area contributed by atoms with E-state index in [4.69, 9.17) is 9.05 Å². The monoisotopic (exact) mass is 863 g/mol. The van der Waals surface area contributed by atoms with Crippen LogP contribution in [0.3, 0.4) is 0 Å². The average molecular weight is 863 g/mol. The highest BCUT2D eigenvalue weighted by molar-refractivity contribution is 7.45. The summed E-state index contributed by atoms with van der Waals surface area (Å²) >= 11 is 0. The maximum Gasteiger partial charge on any atom is 0.268 e. The second-order valence-corrected chi connectivity index (χ2v) is 19.2. The first-order valence-electron chi connectivity index (χ1n) is 24.7. The van der Waals surface area contributed by atoms with Crippen LogP contribution in [0.25, 0.3) is 0 Å². The van der Waals surface area contributed by atoms with E-state index in [1.807, 2.05) is 27.2 Å². The Balaban J connectivity index is 3.94. The summed E-state index contributed by atoms with van der Waals surface area (Å²) in [5.41, 5.74) is 0. The Bertz CT molecular complexity index is 1160. The lowest BCUT2D eigenvalue weighted by Gasteiger charge is -2.29. The summed E-state index contributed by atoms with van der Waals surface area (Å²) < 4.78 is 23.1. The van der Waals surface area contributed by atoms with Gasteiger partial charge in [0.15, 0.2) is 0 Å². The first-order chi connectivity index (χ1) is 29.0. The van der Waals surface area contributed by atoms with Gasteiger partial charge in [0.25, 0.3) is 7.82 Å². The second kappa shape index (κ2) is 42.5. The van der Waals surface area contributed by atoms with Crippen molar-refractivity contribution in [2.45, 2.75) is 219 Å². The normalized spacial score (nSPS) is 14.7. The Morgan fingerprint density at radius 1 is 0.600 bits per heavy atom. The summed E-state index contributed by atoms with van der Waals surface area (Å²) in [6.07, 6.45) is 56.0. The fraction of sp³-hybridized carbons (Fsp3) is 0.784. The fourth-order valence-electron chi connectivity index (χ4n) is 6.85. The molecule has 0 heterocycles. The van der Waals surface area contributed by atoms with E-state index < -0.39 is 20.0 Å². The Morgan fingerprint density at radius 3 is 1.48 bits per heavy atom. The van der Waals surface area contributed by atoms with Crippen LogP contribution >= 0.6 is 7.82 Å². The van der Waals surface area contributed by atoms with Gasteiger partial charge in [0.1, 0.15) is 13.2 Å². The molecule has 8 nitrogen and oxygen atoms in total. The molecule has 2 N–H and O–H groups in total. The maximum absolute atomic E-state index is 12.8. The molecule has 3 unspecified atom stereocenters. The largest absolute Gasteiger partial charge is 0.756 e. The van der Waals surface area contributed by atoms with Crippen molar-refractivity contribution >= 4 is 13.7 Å². The zero-order valence-electron chi connectivity index (χ0n) is 39.6. The molecular weight excluding hydrogens is 768 g/mol. The Labute approximate surface area is 371 Å². The summed E-state index contributed by atoms with van der Waals surface area (Å²) in [6.45, 7) is 4.47. The van der Waals surface area contributed by atoms with Crippen LogP contribution in [-0.2, 0) is 18.4 Å². The number of hydrogen-bond donors (Lipinski definition) is 2. The molecule has 0 aliphatic carbocycles. The number of carbonyl (C=O) groups is 1. The van der Waals surface area contributed by atoms with Gasteiger partial charge < -0.3 is 28.8 Å². The van der Waals surface area contributed by atoms with Crippen molar-refractivity contribution in [3.63, 3.8) is 0 Å². The Kier molecular flexibility index (Phi) is 41.2. The zero-order valence-corrected chi connectivity index (χ0v) is 40.5. The van der Waals surface area contributed by atoms with E-state index in [1.165, 1.54) is 122 Å². The average Bonchev–Trinajstić information content (AvgIpc) is 3.20. The number of quaternary nitrogens is 1. The van der Waals surface area contributed by atoms with Crippen LogP contribution in [0.5, 0.6) is 0 Å². The summed E-state index contributed by atoms with van der Waals surface area (Å²) in [5, 5.41) is 13.7. The van der Waals surface area contributed by atoms with E-state index in [0.717, 1.165) is 64.2 Å². The van der Waals surface area contributed by atoms with Crippen molar-refractivity contribution in [1.82, 2.24) is 5.32 Å². The number of rotatable bonds is 44. The molecule has 0 aliphatic heterocycles. The highest BCUT2D eigenvalue weighted by Crippen LogP contribution is 2.38. The summed E-state index contributed by atoms with van der Waals surface area (Å²) in [6, 6.07) is -0.883. The number of allylic oxidation sites excluding steroid dienone is 9. The van der Waals surface area contributed by atoms with Crippen molar-refractivity contribution in [1.29, 1.82) is 0 Å². The van der Waals surface area contributed by atoms with Gasteiger partial charge in [0.2, 0.25) is 5.91 Å². The number of amides is 1. The smallest absolute Gasteiger partial charge is 0.268 e. The SMILES string of the molecule is CC/C=C\C/C=C\C/C=C\C/C=C\CCCCCCCCCCCCCCCCCCCCC(=O)NC(COP(=O)([O-])OCC[N+](C)(C)C)C(O)/C=C/CCCCCCC. The van der Waals surface area contributed by atoms with Gasteiger partial charge in [-0.3, -0.25) is 9.36 Å². The molecule has 0 aromatic carbocycles. The van der Waals surface area contributed by atoms with E-state index in [-0.39, 0.29) is 19.1 Å². The number of phosphoric ester groups is 1. The third-order valence-electron chi connectivity index (χ3n) is 10.7. The first-order valence-corrected chi connectivity index (χ1v) is 26.1. The van der Waals surface area contributed by atoms with E-state index in [0.29, 0.717) is 17.4 Å². The van der Waals surface area contributed by atoms with Crippen molar-refractivity contribution in [3.8, 4) is 0 Å². The predicted molar refractivity (Wildman–Crippen MR) is 256 cm³/mol. The van der Waals surface area contributed by atoms with Crippen molar-refractivity contribution in [3.05, 3.63) is 60.8 Å². The van der Waals surface area contributed by atoms with Gasteiger partial charge in [-0.15, -0.1) is 0 Å². The van der Waals surface area contributed by atoms with Crippen LogP contribution < -0.4 is 10.2 Å². The molecule has 0 rings (SSSR count). The van der Waals surface area contributed by atoms with Crippen molar-refractivity contribution in [2.75, 3.05) is 40.9 Å². The number of nitrogens with one attached hydrogen (secondary N) is 1. The van der Waals surface area contributed by atoms with E-state index in [1.54, 1.807) is 6.08 Å². The topological polar surface area (TPSA) is 108 Å². The minimum atomic E-state index is -4.58. The molecule has 350 valence electrons. The van der Waals surface area contributed by atoms with Gasteiger partial charge in [-0.05, 0) is 57.8 Å². The first kappa shape index (κ1) is 58.2. The van der Waals surface area contributed by atoms with Crippen LogP contribution in [0.2, 0.25) is 0 Å². The number of aliphatic hydroxyl groups is 1. The number of nitrogens with zero attached hydrogens (tertiary/aromatic N) is 1. The molecule has 0 bridgehead atoms.